The molecule has 2 aromatic rings. The first-order chi connectivity index (χ1) is 10.1. The highest BCUT2D eigenvalue weighted by molar-refractivity contribution is 8.00. The summed E-state index contributed by atoms with van der Waals surface area (Å²) in [5.41, 5.74) is 3.20. The summed E-state index contributed by atoms with van der Waals surface area (Å²) in [6.07, 6.45) is 3.51. The second-order valence-electron chi connectivity index (χ2n) is 5.71. The van der Waals surface area contributed by atoms with Gasteiger partial charge >= 0.3 is 0 Å². The van der Waals surface area contributed by atoms with Gasteiger partial charge in [-0.15, -0.1) is 0 Å². The Kier molecular flexibility index (Phi) is 4.19. The van der Waals surface area contributed by atoms with Gasteiger partial charge in [0.2, 0.25) is 5.91 Å². The third kappa shape index (κ3) is 3.23. The summed E-state index contributed by atoms with van der Waals surface area (Å²) in [5.74, 6) is 0.233. The van der Waals surface area contributed by atoms with Crippen LogP contribution in [0.2, 0.25) is 0 Å². The van der Waals surface area contributed by atoms with Gasteiger partial charge in [-0.25, -0.2) is 4.98 Å². The molecule has 1 N–H and O–H groups in total. The van der Waals surface area contributed by atoms with E-state index in [4.69, 9.17) is 0 Å². The molecule has 3 rings (SSSR count). The molecule has 0 spiro atoms. The second kappa shape index (κ2) is 6.10. The number of benzene rings is 1. The van der Waals surface area contributed by atoms with Crippen LogP contribution in [0.25, 0.3) is 11.0 Å². The molecule has 1 atom stereocenters. The molecule has 0 radical (unpaired) electrons. The minimum absolute atomic E-state index is 0.0928. The van der Waals surface area contributed by atoms with Crippen molar-refractivity contribution in [2.75, 3.05) is 13.1 Å². The molecule has 0 saturated carbocycles. The molecule has 0 aliphatic carbocycles. The number of piperidine rings is 1. The van der Waals surface area contributed by atoms with Gasteiger partial charge in [0.05, 0.1) is 16.3 Å². The highest BCUT2D eigenvalue weighted by Crippen LogP contribution is 2.25. The lowest BCUT2D eigenvalue weighted by molar-refractivity contribution is -0.131. The molecule has 1 aromatic carbocycles. The molecule has 5 heteroatoms. The van der Waals surface area contributed by atoms with Crippen LogP contribution in [0.5, 0.6) is 0 Å². The zero-order chi connectivity index (χ0) is 14.8. The van der Waals surface area contributed by atoms with E-state index in [-0.39, 0.29) is 11.2 Å². The molecular weight excluding hydrogens is 282 g/mol. The summed E-state index contributed by atoms with van der Waals surface area (Å²) in [4.78, 5) is 22.3. The van der Waals surface area contributed by atoms with Gasteiger partial charge in [-0.1, -0.05) is 17.8 Å². The Morgan fingerprint density at radius 1 is 1.33 bits per heavy atom. The van der Waals surface area contributed by atoms with Crippen LogP contribution in [0.3, 0.4) is 0 Å². The van der Waals surface area contributed by atoms with E-state index in [2.05, 4.69) is 29.0 Å². The van der Waals surface area contributed by atoms with Crippen LogP contribution in [0.4, 0.5) is 0 Å². The Morgan fingerprint density at radius 2 is 2.10 bits per heavy atom. The van der Waals surface area contributed by atoms with E-state index in [0.717, 1.165) is 42.1 Å². The van der Waals surface area contributed by atoms with Gasteiger partial charge in [-0.3, -0.25) is 4.79 Å². The van der Waals surface area contributed by atoms with Crippen LogP contribution in [-0.4, -0.2) is 39.1 Å². The van der Waals surface area contributed by atoms with Gasteiger partial charge in [0.15, 0.2) is 5.16 Å². The van der Waals surface area contributed by atoms with Crippen LogP contribution in [0, 0.1) is 6.92 Å². The number of nitrogens with one attached hydrogen (secondary N) is 1. The van der Waals surface area contributed by atoms with Crippen LogP contribution < -0.4 is 0 Å². The first kappa shape index (κ1) is 14.4. The van der Waals surface area contributed by atoms with Gasteiger partial charge < -0.3 is 9.88 Å². The normalized spacial score (nSPS) is 17.1. The number of carbonyl (C=O) groups is 1. The summed E-state index contributed by atoms with van der Waals surface area (Å²) in [5, 5.41) is 0.734. The minimum Gasteiger partial charge on any atom is -0.342 e. The van der Waals surface area contributed by atoms with Crippen molar-refractivity contribution in [2.45, 2.75) is 43.5 Å². The average Bonchev–Trinajstić information content (AvgIpc) is 2.88. The molecule has 1 aliphatic rings. The van der Waals surface area contributed by atoms with Gasteiger partial charge in [-0.05, 0) is 50.8 Å². The number of aromatic amines is 1. The number of likely N-dealkylation sites (tertiary alicyclic amines) is 1. The second-order valence-corrected chi connectivity index (χ2v) is 7.04. The standard InChI is InChI=1S/C16H21N3OS/c1-11-6-7-13-14(10-11)18-16(17-13)21-12(2)15(20)19-8-4-3-5-9-19/h6-7,10,12H,3-5,8-9H2,1-2H3,(H,17,18)/t12-/m0/s1. The molecule has 1 aromatic heterocycles. The highest BCUT2D eigenvalue weighted by atomic mass is 32.2. The predicted octanol–water partition coefficient (Wildman–Crippen LogP) is 3.36. The van der Waals surface area contributed by atoms with Gasteiger partial charge in [0, 0.05) is 13.1 Å². The summed E-state index contributed by atoms with van der Waals surface area (Å²) < 4.78 is 0. The molecule has 1 aliphatic heterocycles. The fraction of sp³-hybridized carbons (Fsp3) is 0.500. The van der Waals surface area contributed by atoms with Crippen molar-refractivity contribution in [3.63, 3.8) is 0 Å². The first-order valence-electron chi connectivity index (χ1n) is 7.55. The van der Waals surface area contributed by atoms with Crippen molar-refractivity contribution in [3.05, 3.63) is 23.8 Å². The van der Waals surface area contributed by atoms with Crippen molar-refractivity contribution in [1.82, 2.24) is 14.9 Å². The van der Waals surface area contributed by atoms with Crippen molar-refractivity contribution in [1.29, 1.82) is 0 Å². The Balaban J connectivity index is 1.70. The smallest absolute Gasteiger partial charge is 0.235 e. The largest absolute Gasteiger partial charge is 0.342 e. The quantitative estimate of drug-likeness (QED) is 0.885. The van der Waals surface area contributed by atoms with E-state index in [1.54, 1.807) is 0 Å². The number of rotatable bonds is 3. The van der Waals surface area contributed by atoms with E-state index in [9.17, 15) is 4.79 Å². The first-order valence-corrected chi connectivity index (χ1v) is 8.43. The summed E-state index contributed by atoms with van der Waals surface area (Å²) in [6, 6.07) is 6.16. The Labute approximate surface area is 129 Å². The zero-order valence-corrected chi connectivity index (χ0v) is 13.4. The SMILES string of the molecule is Cc1ccc2nc(S[C@@H](C)C(=O)N3CCCCC3)[nH]c2c1. The van der Waals surface area contributed by atoms with Crippen LogP contribution in [0.1, 0.15) is 31.7 Å². The molecule has 4 nitrogen and oxygen atoms in total. The molecule has 112 valence electrons. The van der Waals surface area contributed by atoms with Crippen LogP contribution in [0.15, 0.2) is 23.4 Å². The maximum Gasteiger partial charge on any atom is 0.235 e. The lowest BCUT2D eigenvalue weighted by Gasteiger charge is -2.28. The number of hydrogen-bond donors (Lipinski definition) is 1. The molecule has 2 heterocycles. The number of nitrogens with zero attached hydrogens (tertiary/aromatic N) is 2. The number of amides is 1. The number of carbonyl (C=O) groups excluding carboxylic acids is 1. The maximum absolute atomic E-state index is 12.4. The summed E-state index contributed by atoms with van der Waals surface area (Å²) in [6.45, 7) is 5.85. The Bertz CT molecular complexity index is 646. The zero-order valence-electron chi connectivity index (χ0n) is 12.6. The summed E-state index contributed by atoms with van der Waals surface area (Å²) >= 11 is 1.52. The Hall–Kier alpha value is -1.49. The van der Waals surface area contributed by atoms with Crippen molar-refractivity contribution in [3.8, 4) is 0 Å². The molecule has 1 fully saturated rings. The van der Waals surface area contributed by atoms with E-state index >= 15 is 0 Å². The van der Waals surface area contributed by atoms with E-state index in [1.807, 2.05) is 17.9 Å². The molecular formula is C16H21N3OS. The fourth-order valence-electron chi connectivity index (χ4n) is 2.75. The molecule has 0 unspecified atom stereocenters. The topological polar surface area (TPSA) is 49.0 Å². The third-order valence-corrected chi connectivity index (χ3v) is 4.89. The van der Waals surface area contributed by atoms with Crippen LogP contribution >= 0.6 is 11.8 Å². The van der Waals surface area contributed by atoms with E-state index < -0.39 is 0 Å². The number of aryl methyl sites for hydroxylation is 1. The fourth-order valence-corrected chi connectivity index (χ4v) is 3.65. The van der Waals surface area contributed by atoms with E-state index in [0.29, 0.717) is 0 Å². The number of aromatic nitrogens is 2. The lowest BCUT2D eigenvalue weighted by Crippen LogP contribution is -2.40. The maximum atomic E-state index is 12.4. The Morgan fingerprint density at radius 3 is 2.86 bits per heavy atom. The average molecular weight is 303 g/mol. The van der Waals surface area contributed by atoms with Crippen molar-refractivity contribution >= 4 is 28.7 Å². The molecule has 0 bridgehead atoms. The highest BCUT2D eigenvalue weighted by Gasteiger charge is 2.23. The number of H-pyrrole nitrogens is 1. The summed E-state index contributed by atoms with van der Waals surface area (Å²) in [7, 11) is 0. The van der Waals surface area contributed by atoms with Crippen molar-refractivity contribution < 1.29 is 4.79 Å². The van der Waals surface area contributed by atoms with Gasteiger partial charge in [0.25, 0.3) is 0 Å². The van der Waals surface area contributed by atoms with Crippen molar-refractivity contribution in [2.24, 2.45) is 0 Å². The van der Waals surface area contributed by atoms with Gasteiger partial charge in [-0.2, -0.15) is 0 Å². The molecule has 21 heavy (non-hydrogen) atoms. The number of thioether (sulfide) groups is 1. The van der Waals surface area contributed by atoms with Gasteiger partial charge in [0.1, 0.15) is 0 Å². The molecule has 1 saturated heterocycles. The third-order valence-electron chi connectivity index (χ3n) is 3.92. The molecule has 1 amide bonds. The lowest BCUT2D eigenvalue weighted by atomic mass is 10.1. The predicted molar refractivity (Wildman–Crippen MR) is 86.6 cm³/mol. The van der Waals surface area contributed by atoms with Crippen LogP contribution in [-0.2, 0) is 4.79 Å². The monoisotopic (exact) mass is 303 g/mol. The van der Waals surface area contributed by atoms with E-state index in [1.165, 1.54) is 23.7 Å². The number of imidazole rings is 1. The minimum atomic E-state index is -0.0928. The number of hydrogen-bond acceptors (Lipinski definition) is 3. The number of fused-ring (bicyclic) bond motifs is 1.